The number of ether oxygens (including phenoxy) is 1. The summed E-state index contributed by atoms with van der Waals surface area (Å²) in [5.41, 5.74) is 4.19. The molecule has 9 heteroatoms. The van der Waals surface area contributed by atoms with Crippen molar-refractivity contribution in [1.82, 2.24) is 15.0 Å². The normalized spacial score (nSPS) is 13.9. The molecule has 0 amide bonds. The maximum atomic E-state index is 13.7. The molecule has 4 rings (SSSR count). The minimum Gasteiger partial charge on any atom is -0.490 e. The van der Waals surface area contributed by atoms with Crippen molar-refractivity contribution >= 4 is 59.4 Å². The average molecular weight is 457 g/mol. The summed E-state index contributed by atoms with van der Waals surface area (Å²) in [6.45, 7) is 5.58. The van der Waals surface area contributed by atoms with E-state index in [4.69, 9.17) is 4.74 Å². The molecule has 0 saturated heterocycles. The average Bonchev–Trinajstić information content (AvgIpc) is 3.19. The highest BCUT2D eigenvalue weighted by Gasteiger charge is 2.28. The smallest absolute Gasteiger partial charge is 0.141 e. The number of fused-ring (bicyclic) bond motifs is 2. The van der Waals surface area contributed by atoms with Gasteiger partial charge >= 0.3 is 0 Å². The topological polar surface area (TPSA) is 97.2 Å². The number of hydrogen-bond acceptors (Lipinski definition) is 8. The Morgan fingerprint density at radius 1 is 1.16 bits per heavy atom. The van der Waals surface area contributed by atoms with Crippen LogP contribution in [0.5, 0.6) is 5.75 Å². The van der Waals surface area contributed by atoms with Gasteiger partial charge in [-0.1, -0.05) is 0 Å². The van der Waals surface area contributed by atoms with Crippen LogP contribution in [0.1, 0.15) is 20.8 Å². The number of hydrogen-bond donors (Lipinski definition) is 2. The lowest BCUT2D eigenvalue weighted by molar-refractivity contribution is 0.198. The van der Waals surface area contributed by atoms with E-state index in [1.807, 2.05) is 44.5 Å². The van der Waals surface area contributed by atoms with Crippen molar-refractivity contribution in [3.63, 3.8) is 0 Å². The van der Waals surface area contributed by atoms with E-state index >= 15 is 0 Å². The van der Waals surface area contributed by atoms with E-state index in [0.29, 0.717) is 27.4 Å². The van der Waals surface area contributed by atoms with Gasteiger partial charge in [-0.05, 0) is 50.9 Å². The molecule has 2 heterocycles. The van der Waals surface area contributed by atoms with Gasteiger partial charge in [0.25, 0.3) is 0 Å². The van der Waals surface area contributed by atoms with Crippen molar-refractivity contribution in [3.8, 4) is 5.75 Å². The largest absolute Gasteiger partial charge is 0.490 e. The van der Waals surface area contributed by atoms with Gasteiger partial charge in [-0.2, -0.15) is 0 Å². The number of aliphatic hydroxyl groups excluding tert-OH is 1. The molecule has 0 aliphatic rings. The molecule has 0 aliphatic carbocycles. The zero-order chi connectivity index (χ0) is 22.2. The van der Waals surface area contributed by atoms with Crippen LogP contribution in [0, 0.1) is 0 Å². The van der Waals surface area contributed by atoms with Crippen molar-refractivity contribution in [3.05, 3.63) is 42.2 Å². The van der Waals surface area contributed by atoms with E-state index in [0.717, 1.165) is 15.9 Å². The molecule has 0 aliphatic heterocycles. The molecule has 4 aromatic rings. The lowest BCUT2D eigenvalue weighted by Gasteiger charge is -2.26. The third-order valence-corrected chi connectivity index (χ3v) is 8.81. The molecular formula is C22H24N4O3S2. The van der Waals surface area contributed by atoms with Crippen LogP contribution in [0.3, 0.4) is 0 Å². The Morgan fingerprint density at radius 3 is 2.71 bits per heavy atom. The quantitative estimate of drug-likeness (QED) is 0.419. The molecular weight excluding hydrogens is 432 g/mol. The summed E-state index contributed by atoms with van der Waals surface area (Å²) in [5.74, 6) is 5.04. The third kappa shape index (κ3) is 4.08. The van der Waals surface area contributed by atoms with E-state index < -0.39 is 14.3 Å². The highest BCUT2D eigenvalue weighted by molar-refractivity contribution is 8.01. The number of anilines is 2. The van der Waals surface area contributed by atoms with Crippen molar-refractivity contribution in [2.75, 3.05) is 18.5 Å². The molecule has 0 radical (unpaired) electrons. The third-order valence-electron chi connectivity index (χ3n) is 4.99. The summed E-state index contributed by atoms with van der Waals surface area (Å²) < 4.78 is 19.9. The maximum Gasteiger partial charge on any atom is 0.141 e. The fourth-order valence-electron chi connectivity index (χ4n) is 3.09. The van der Waals surface area contributed by atoms with Gasteiger partial charge in [-0.3, -0.25) is 4.21 Å². The second-order valence-corrected chi connectivity index (χ2v) is 12.0. The molecule has 2 aromatic heterocycles. The lowest BCUT2D eigenvalue weighted by Crippen LogP contribution is -2.28. The number of nitrogens with one attached hydrogen (secondary N) is 1. The first-order valence-corrected chi connectivity index (χ1v) is 12.3. The van der Waals surface area contributed by atoms with E-state index in [-0.39, 0.29) is 13.2 Å². The predicted molar refractivity (Wildman–Crippen MR) is 128 cm³/mol. The highest BCUT2D eigenvalue weighted by atomic mass is 32.2. The van der Waals surface area contributed by atoms with E-state index in [2.05, 4.69) is 26.1 Å². The van der Waals surface area contributed by atoms with Gasteiger partial charge in [0.2, 0.25) is 0 Å². The van der Waals surface area contributed by atoms with Crippen LogP contribution in [-0.4, -0.2) is 48.1 Å². The Balaban J connectivity index is 1.86. The number of aliphatic hydroxyl groups is 1. The fourth-order valence-corrected chi connectivity index (χ4v) is 5.16. The number of nitrogens with zero attached hydrogens (tertiary/aromatic N) is 3. The molecule has 0 saturated carbocycles. The summed E-state index contributed by atoms with van der Waals surface area (Å²) in [7, 11) is -2.74. The fraction of sp³-hybridized carbons (Fsp3) is 0.273. The molecule has 1 unspecified atom stereocenters. The highest BCUT2D eigenvalue weighted by Crippen LogP contribution is 2.37. The number of aromatic nitrogens is 3. The molecule has 2 aromatic carbocycles. The van der Waals surface area contributed by atoms with Crippen LogP contribution in [0.25, 0.3) is 21.1 Å². The van der Waals surface area contributed by atoms with Gasteiger partial charge in [0.05, 0.1) is 32.7 Å². The minimum atomic E-state index is -2.74. The Kier molecular flexibility index (Phi) is 5.59. The number of benzene rings is 2. The Morgan fingerprint density at radius 2 is 1.97 bits per heavy atom. The Hall–Kier alpha value is -2.75. The van der Waals surface area contributed by atoms with Gasteiger partial charge in [0.1, 0.15) is 24.5 Å². The summed E-state index contributed by atoms with van der Waals surface area (Å²) in [6, 6.07) is 9.44. The molecule has 162 valence electrons. The molecule has 1 atom stereocenters. The van der Waals surface area contributed by atoms with Crippen LogP contribution in [-0.2, 0) is 9.52 Å². The van der Waals surface area contributed by atoms with Crippen LogP contribution in [0.15, 0.2) is 47.1 Å². The predicted octanol–water partition coefficient (Wildman–Crippen LogP) is 4.23. The zero-order valence-electron chi connectivity index (χ0n) is 17.6. The molecule has 0 spiro atoms. The summed E-state index contributed by atoms with van der Waals surface area (Å²) in [4.78, 5) is 13.6. The minimum absolute atomic E-state index is 0.0853. The van der Waals surface area contributed by atoms with Crippen molar-refractivity contribution in [2.45, 2.75) is 30.4 Å². The first kappa shape index (κ1) is 21.5. The summed E-state index contributed by atoms with van der Waals surface area (Å²) >= 11 is 1.58. The van der Waals surface area contributed by atoms with Gasteiger partial charge in [-0.15, -0.1) is 11.3 Å². The van der Waals surface area contributed by atoms with Gasteiger partial charge in [0.15, 0.2) is 0 Å². The van der Waals surface area contributed by atoms with Crippen molar-refractivity contribution < 1.29 is 14.1 Å². The van der Waals surface area contributed by atoms with Crippen LogP contribution < -0.4 is 10.1 Å². The molecule has 31 heavy (non-hydrogen) atoms. The van der Waals surface area contributed by atoms with Crippen LogP contribution >= 0.6 is 11.3 Å². The van der Waals surface area contributed by atoms with Crippen LogP contribution in [0.4, 0.5) is 11.5 Å². The van der Waals surface area contributed by atoms with E-state index in [1.165, 1.54) is 6.33 Å². The van der Waals surface area contributed by atoms with Crippen molar-refractivity contribution in [1.29, 1.82) is 0 Å². The van der Waals surface area contributed by atoms with Gasteiger partial charge < -0.3 is 15.2 Å². The van der Waals surface area contributed by atoms with Gasteiger partial charge in [0, 0.05) is 31.4 Å². The lowest BCUT2D eigenvalue weighted by atomic mass is 10.2. The second kappa shape index (κ2) is 8.07. The monoisotopic (exact) mass is 456 g/mol. The molecule has 0 fully saturated rings. The molecule has 7 nitrogen and oxygen atoms in total. The standard InChI is InChI=1S/C22H24N4O3S2/c1-22(2,3)31(4,28)20-10-15-16(11-18(20)29-8-7-27)23-12-24-21(15)26-14-5-6-19-17(9-14)25-13-30-19/h5-6,9-13,27H,4,7-8H2,1-3H3,(H,23,24,26). The number of thiazole rings is 1. The first-order valence-electron chi connectivity index (χ1n) is 9.70. The van der Waals surface area contributed by atoms with Gasteiger partial charge in [-0.25, -0.2) is 15.0 Å². The summed E-state index contributed by atoms with van der Waals surface area (Å²) in [5, 5.41) is 13.2. The Labute approximate surface area is 185 Å². The van der Waals surface area contributed by atoms with E-state index in [1.54, 1.807) is 23.5 Å². The number of rotatable bonds is 6. The second-order valence-electron chi connectivity index (χ2n) is 8.06. The SMILES string of the molecule is C=S(=O)(c1cc2c(Nc3ccc4scnc4c3)ncnc2cc1OCCO)C(C)(C)C. The molecule has 2 N–H and O–H groups in total. The first-order chi connectivity index (χ1) is 14.7. The maximum absolute atomic E-state index is 13.7. The molecule has 0 bridgehead atoms. The van der Waals surface area contributed by atoms with Crippen LogP contribution in [0.2, 0.25) is 0 Å². The van der Waals surface area contributed by atoms with E-state index in [9.17, 15) is 9.32 Å². The summed E-state index contributed by atoms with van der Waals surface area (Å²) in [6.07, 6.45) is 1.47. The Bertz CT molecular complexity index is 1360. The van der Waals surface area contributed by atoms with Crippen molar-refractivity contribution in [2.24, 2.45) is 0 Å². The zero-order valence-corrected chi connectivity index (χ0v) is 19.2.